The van der Waals surface area contributed by atoms with Crippen LogP contribution in [0.4, 0.5) is 0 Å². The van der Waals surface area contributed by atoms with Crippen molar-refractivity contribution in [1.82, 2.24) is 0 Å². The van der Waals surface area contributed by atoms with E-state index in [4.69, 9.17) is 11.6 Å². The van der Waals surface area contributed by atoms with Gasteiger partial charge in [-0.25, -0.2) is 0 Å². The maximum atomic E-state index is 5.82. The third-order valence-corrected chi connectivity index (χ3v) is 2.83. The Balaban J connectivity index is 2.02. The lowest BCUT2D eigenvalue weighted by Crippen LogP contribution is -3.07. The van der Waals surface area contributed by atoms with E-state index < -0.39 is 0 Å². The summed E-state index contributed by atoms with van der Waals surface area (Å²) in [6, 6.07) is 8.67. The summed E-state index contributed by atoms with van der Waals surface area (Å²) >= 11 is 5.82. The fourth-order valence-corrected chi connectivity index (χ4v) is 2.01. The molecule has 74 valence electrons. The van der Waals surface area contributed by atoms with E-state index in [1.54, 1.807) is 4.90 Å². The third kappa shape index (κ3) is 2.17. The number of benzene rings is 1. The fraction of sp³-hybridized carbons (Fsp3) is 0.333. The van der Waals surface area contributed by atoms with Gasteiger partial charge in [-0.2, -0.15) is 0 Å². The Hall–Kier alpha value is -0.790. The highest BCUT2D eigenvalue weighted by atomic mass is 35.5. The van der Waals surface area contributed by atoms with Crippen molar-refractivity contribution in [2.24, 2.45) is 0 Å². The van der Waals surface area contributed by atoms with E-state index in [9.17, 15) is 0 Å². The highest BCUT2D eigenvalue weighted by Crippen LogP contribution is 2.10. The molecule has 1 nitrogen and oxygen atoms in total. The molecule has 0 unspecified atom stereocenters. The van der Waals surface area contributed by atoms with Crippen LogP contribution in [-0.2, 0) is 13.1 Å². The lowest BCUT2D eigenvalue weighted by atomic mass is 10.1. The lowest BCUT2D eigenvalue weighted by molar-refractivity contribution is -0.914. The van der Waals surface area contributed by atoms with Crippen LogP contribution in [0.25, 0.3) is 0 Å². The van der Waals surface area contributed by atoms with Crippen LogP contribution in [0.3, 0.4) is 0 Å². The van der Waals surface area contributed by atoms with E-state index in [0.717, 1.165) is 24.7 Å². The molecule has 1 heterocycles. The zero-order valence-corrected chi connectivity index (χ0v) is 9.14. The minimum Gasteiger partial charge on any atom is -0.324 e. The minimum atomic E-state index is 0.897. The van der Waals surface area contributed by atoms with E-state index >= 15 is 0 Å². The van der Waals surface area contributed by atoms with Crippen molar-refractivity contribution in [1.29, 1.82) is 0 Å². The standard InChI is InChI=1S/C12H14ClN/c1-10(13)6-7-14-8-11-4-2-3-5-12(11)9-14/h2-6H,7-9H2,1H3/p+1/b10-6-. The molecule has 0 aromatic heterocycles. The first-order valence-electron chi connectivity index (χ1n) is 4.98. The minimum absolute atomic E-state index is 0.897. The molecule has 0 fully saturated rings. The molecule has 0 amide bonds. The Labute approximate surface area is 90.0 Å². The summed E-state index contributed by atoms with van der Waals surface area (Å²) in [6.07, 6.45) is 2.10. The molecule has 14 heavy (non-hydrogen) atoms. The molecule has 1 aliphatic rings. The highest BCUT2D eigenvalue weighted by Gasteiger charge is 2.20. The molecule has 0 spiro atoms. The van der Waals surface area contributed by atoms with Gasteiger partial charge in [-0.15, -0.1) is 0 Å². The molecular weight excluding hydrogens is 194 g/mol. The summed E-state index contributed by atoms with van der Waals surface area (Å²) < 4.78 is 0. The SMILES string of the molecule is C/C(Cl)=C/C[NH+]1Cc2ccccc2C1. The molecule has 0 saturated carbocycles. The van der Waals surface area contributed by atoms with Crippen molar-refractivity contribution in [2.75, 3.05) is 6.54 Å². The first-order chi connectivity index (χ1) is 6.75. The van der Waals surface area contributed by atoms with Gasteiger partial charge in [0.25, 0.3) is 0 Å². The van der Waals surface area contributed by atoms with E-state index in [0.29, 0.717) is 0 Å². The van der Waals surface area contributed by atoms with Crippen LogP contribution < -0.4 is 4.90 Å². The molecule has 2 heteroatoms. The number of rotatable bonds is 2. The molecule has 0 bridgehead atoms. The number of halogens is 1. The third-order valence-electron chi connectivity index (χ3n) is 2.67. The molecule has 0 radical (unpaired) electrons. The molecule has 1 N–H and O–H groups in total. The Morgan fingerprint density at radius 2 is 1.93 bits per heavy atom. The average molecular weight is 209 g/mol. The Morgan fingerprint density at radius 1 is 1.36 bits per heavy atom. The first kappa shape index (κ1) is 9.75. The van der Waals surface area contributed by atoms with Gasteiger partial charge >= 0.3 is 0 Å². The topological polar surface area (TPSA) is 4.44 Å². The van der Waals surface area contributed by atoms with Crippen molar-refractivity contribution in [3.8, 4) is 0 Å². The van der Waals surface area contributed by atoms with Gasteiger partial charge in [0.2, 0.25) is 0 Å². The molecule has 0 atom stereocenters. The molecule has 1 aliphatic heterocycles. The normalized spacial score (nSPS) is 17.1. The van der Waals surface area contributed by atoms with Crippen LogP contribution in [0, 0.1) is 0 Å². The predicted octanol–water partition coefficient (Wildman–Crippen LogP) is 1.73. The second-order valence-corrected chi connectivity index (χ2v) is 4.46. The molecule has 0 aliphatic carbocycles. The van der Waals surface area contributed by atoms with Gasteiger partial charge in [-0.1, -0.05) is 35.9 Å². The van der Waals surface area contributed by atoms with Gasteiger partial charge in [0.1, 0.15) is 13.1 Å². The summed E-state index contributed by atoms with van der Waals surface area (Å²) in [6.45, 7) is 5.24. The summed E-state index contributed by atoms with van der Waals surface area (Å²) in [5, 5.41) is 0.897. The molecule has 1 aromatic rings. The molecular formula is C12H15ClN+. The Kier molecular flexibility index (Phi) is 2.90. The van der Waals surface area contributed by atoms with Crippen LogP contribution in [0.5, 0.6) is 0 Å². The van der Waals surface area contributed by atoms with Gasteiger partial charge in [-0.3, -0.25) is 0 Å². The summed E-state index contributed by atoms with van der Waals surface area (Å²) in [4.78, 5) is 1.58. The van der Waals surface area contributed by atoms with Gasteiger partial charge in [0, 0.05) is 16.2 Å². The Morgan fingerprint density at radius 3 is 2.43 bits per heavy atom. The van der Waals surface area contributed by atoms with Crippen molar-refractivity contribution >= 4 is 11.6 Å². The van der Waals surface area contributed by atoms with E-state index in [2.05, 4.69) is 30.3 Å². The maximum absolute atomic E-state index is 5.82. The summed E-state index contributed by atoms with van der Waals surface area (Å²) in [5.74, 6) is 0. The zero-order chi connectivity index (χ0) is 9.97. The van der Waals surface area contributed by atoms with Crippen LogP contribution >= 0.6 is 11.6 Å². The van der Waals surface area contributed by atoms with Crippen molar-refractivity contribution in [3.05, 3.63) is 46.5 Å². The fourth-order valence-electron chi connectivity index (χ4n) is 1.93. The second kappa shape index (κ2) is 4.16. The first-order valence-corrected chi connectivity index (χ1v) is 5.36. The van der Waals surface area contributed by atoms with Crippen LogP contribution in [0.15, 0.2) is 35.4 Å². The van der Waals surface area contributed by atoms with Crippen LogP contribution in [0.1, 0.15) is 18.1 Å². The number of allylic oxidation sites excluding steroid dienone is 1. The quantitative estimate of drug-likeness (QED) is 0.755. The lowest BCUT2D eigenvalue weighted by Gasteiger charge is -2.08. The van der Waals surface area contributed by atoms with Crippen molar-refractivity contribution in [2.45, 2.75) is 20.0 Å². The zero-order valence-electron chi connectivity index (χ0n) is 8.39. The monoisotopic (exact) mass is 208 g/mol. The predicted molar refractivity (Wildman–Crippen MR) is 59.3 cm³/mol. The van der Waals surface area contributed by atoms with E-state index in [1.807, 2.05) is 6.92 Å². The van der Waals surface area contributed by atoms with Gasteiger partial charge in [0.15, 0.2) is 0 Å². The largest absolute Gasteiger partial charge is 0.324 e. The number of hydrogen-bond donors (Lipinski definition) is 1. The molecule has 1 aromatic carbocycles. The van der Waals surface area contributed by atoms with Gasteiger partial charge in [-0.05, 0) is 13.0 Å². The maximum Gasteiger partial charge on any atom is 0.104 e. The van der Waals surface area contributed by atoms with Crippen LogP contribution in [0.2, 0.25) is 0 Å². The molecule has 0 saturated heterocycles. The number of quaternary nitrogens is 1. The number of nitrogens with one attached hydrogen (secondary N) is 1. The van der Waals surface area contributed by atoms with Gasteiger partial charge in [0.05, 0.1) is 6.54 Å². The van der Waals surface area contributed by atoms with E-state index in [-0.39, 0.29) is 0 Å². The number of hydrogen-bond acceptors (Lipinski definition) is 0. The summed E-state index contributed by atoms with van der Waals surface area (Å²) in [5.41, 5.74) is 2.98. The second-order valence-electron chi connectivity index (χ2n) is 3.87. The van der Waals surface area contributed by atoms with Crippen molar-refractivity contribution < 1.29 is 4.90 Å². The van der Waals surface area contributed by atoms with Crippen LogP contribution in [-0.4, -0.2) is 6.54 Å². The molecule has 2 rings (SSSR count). The number of fused-ring (bicyclic) bond motifs is 1. The Bertz CT molecular complexity index is 328. The highest BCUT2D eigenvalue weighted by molar-refractivity contribution is 6.29. The van der Waals surface area contributed by atoms with Crippen molar-refractivity contribution in [3.63, 3.8) is 0 Å². The smallest absolute Gasteiger partial charge is 0.104 e. The van der Waals surface area contributed by atoms with E-state index in [1.165, 1.54) is 11.1 Å². The summed E-state index contributed by atoms with van der Waals surface area (Å²) in [7, 11) is 0. The van der Waals surface area contributed by atoms with Gasteiger partial charge < -0.3 is 4.90 Å². The average Bonchev–Trinajstić information content (AvgIpc) is 2.57.